The molecule has 5 heteroatoms. The zero-order valence-corrected chi connectivity index (χ0v) is 10.3. The SMILES string of the molecule is CC(Nc1nnc(CCl)o1)C1CCCCC1. The highest BCUT2D eigenvalue weighted by molar-refractivity contribution is 6.16. The third-order valence-electron chi connectivity index (χ3n) is 3.29. The first kappa shape index (κ1) is 11.7. The Kier molecular flexibility index (Phi) is 4.04. The van der Waals surface area contributed by atoms with Gasteiger partial charge in [-0.25, -0.2) is 0 Å². The molecular formula is C11H18ClN3O. The summed E-state index contributed by atoms with van der Waals surface area (Å²) in [6.07, 6.45) is 6.65. The van der Waals surface area contributed by atoms with Crippen LogP contribution in [0.3, 0.4) is 0 Å². The van der Waals surface area contributed by atoms with Crippen molar-refractivity contribution in [1.82, 2.24) is 10.2 Å². The van der Waals surface area contributed by atoms with Gasteiger partial charge in [-0.1, -0.05) is 24.4 Å². The minimum atomic E-state index is 0.270. The zero-order chi connectivity index (χ0) is 11.4. The van der Waals surface area contributed by atoms with E-state index in [1.54, 1.807) is 0 Å². The molecule has 1 atom stereocenters. The Morgan fingerprint density at radius 1 is 1.38 bits per heavy atom. The summed E-state index contributed by atoms with van der Waals surface area (Å²) >= 11 is 5.60. The maximum Gasteiger partial charge on any atom is 0.315 e. The van der Waals surface area contributed by atoms with Crippen molar-refractivity contribution < 1.29 is 4.42 Å². The Hall–Kier alpha value is -0.770. The van der Waals surface area contributed by atoms with E-state index < -0.39 is 0 Å². The van der Waals surface area contributed by atoms with Crippen LogP contribution < -0.4 is 5.32 Å². The van der Waals surface area contributed by atoms with Gasteiger partial charge < -0.3 is 9.73 Å². The highest BCUT2D eigenvalue weighted by atomic mass is 35.5. The molecule has 1 saturated carbocycles. The molecule has 1 aliphatic carbocycles. The van der Waals surface area contributed by atoms with Crippen LogP contribution in [0.25, 0.3) is 0 Å². The molecule has 0 spiro atoms. The molecule has 1 fully saturated rings. The monoisotopic (exact) mass is 243 g/mol. The number of halogens is 1. The van der Waals surface area contributed by atoms with Gasteiger partial charge in [0.2, 0.25) is 5.89 Å². The van der Waals surface area contributed by atoms with E-state index in [2.05, 4.69) is 22.4 Å². The number of nitrogens with zero attached hydrogens (tertiary/aromatic N) is 2. The molecule has 0 aliphatic heterocycles. The Bertz CT molecular complexity index is 323. The number of hydrogen-bond acceptors (Lipinski definition) is 4. The highest BCUT2D eigenvalue weighted by Crippen LogP contribution is 2.27. The summed E-state index contributed by atoms with van der Waals surface area (Å²) in [4.78, 5) is 0. The highest BCUT2D eigenvalue weighted by Gasteiger charge is 2.21. The van der Waals surface area contributed by atoms with Crippen molar-refractivity contribution in [3.63, 3.8) is 0 Å². The van der Waals surface area contributed by atoms with Gasteiger partial charge in [0, 0.05) is 6.04 Å². The van der Waals surface area contributed by atoms with Crippen LogP contribution in [0, 0.1) is 5.92 Å². The summed E-state index contributed by atoms with van der Waals surface area (Å²) < 4.78 is 5.33. The van der Waals surface area contributed by atoms with E-state index in [0.717, 1.165) is 5.92 Å². The molecule has 1 heterocycles. The third-order valence-corrected chi connectivity index (χ3v) is 3.52. The second-order valence-electron chi connectivity index (χ2n) is 4.47. The summed E-state index contributed by atoms with van der Waals surface area (Å²) in [6.45, 7) is 2.18. The van der Waals surface area contributed by atoms with Gasteiger partial charge in [0.1, 0.15) is 5.88 Å². The molecule has 0 saturated heterocycles. The second kappa shape index (κ2) is 5.53. The maximum absolute atomic E-state index is 5.60. The van der Waals surface area contributed by atoms with Gasteiger partial charge in [0.05, 0.1) is 0 Å². The molecule has 0 amide bonds. The van der Waals surface area contributed by atoms with Crippen LogP contribution in [0.4, 0.5) is 6.01 Å². The predicted octanol–water partition coefficient (Wildman–Crippen LogP) is 3.19. The van der Waals surface area contributed by atoms with E-state index in [4.69, 9.17) is 16.0 Å². The summed E-state index contributed by atoms with van der Waals surface area (Å²) in [5, 5.41) is 11.0. The molecule has 16 heavy (non-hydrogen) atoms. The van der Waals surface area contributed by atoms with Gasteiger partial charge >= 0.3 is 6.01 Å². The minimum Gasteiger partial charge on any atom is -0.407 e. The van der Waals surface area contributed by atoms with Crippen LogP contribution in [-0.4, -0.2) is 16.2 Å². The number of hydrogen-bond donors (Lipinski definition) is 1. The Balaban J connectivity index is 1.87. The van der Waals surface area contributed by atoms with Gasteiger partial charge in [0.15, 0.2) is 0 Å². The third kappa shape index (κ3) is 2.88. The fraction of sp³-hybridized carbons (Fsp3) is 0.818. The second-order valence-corrected chi connectivity index (χ2v) is 4.73. The van der Waals surface area contributed by atoms with Crippen molar-refractivity contribution in [2.45, 2.75) is 50.9 Å². The lowest BCUT2D eigenvalue weighted by Crippen LogP contribution is -2.27. The molecule has 90 valence electrons. The molecule has 0 radical (unpaired) electrons. The molecule has 1 aromatic rings. The lowest BCUT2D eigenvalue weighted by Gasteiger charge is -2.27. The van der Waals surface area contributed by atoms with E-state index >= 15 is 0 Å². The molecule has 4 nitrogen and oxygen atoms in total. The van der Waals surface area contributed by atoms with Crippen molar-refractivity contribution in [2.24, 2.45) is 5.92 Å². The summed E-state index contributed by atoms with van der Waals surface area (Å²) in [5.41, 5.74) is 0. The molecular weight excluding hydrogens is 226 g/mol. The van der Waals surface area contributed by atoms with Crippen LogP contribution >= 0.6 is 11.6 Å². The van der Waals surface area contributed by atoms with Crippen molar-refractivity contribution >= 4 is 17.6 Å². The normalized spacial score (nSPS) is 19.6. The smallest absolute Gasteiger partial charge is 0.315 e. The number of rotatable bonds is 4. The standard InChI is InChI=1S/C11H18ClN3O/c1-8(9-5-3-2-4-6-9)13-11-15-14-10(7-12)16-11/h8-9H,2-7H2,1H3,(H,13,15). The van der Waals surface area contributed by atoms with Crippen molar-refractivity contribution in [3.8, 4) is 0 Å². The fourth-order valence-corrected chi connectivity index (χ4v) is 2.42. The van der Waals surface area contributed by atoms with Crippen molar-refractivity contribution in [3.05, 3.63) is 5.89 Å². The van der Waals surface area contributed by atoms with Gasteiger partial charge in [-0.15, -0.1) is 16.7 Å². The molecule has 1 N–H and O–H groups in total. The lowest BCUT2D eigenvalue weighted by atomic mass is 9.85. The van der Waals surface area contributed by atoms with Crippen molar-refractivity contribution in [1.29, 1.82) is 0 Å². The van der Waals surface area contributed by atoms with Crippen LogP contribution in [0.15, 0.2) is 4.42 Å². The number of alkyl halides is 1. The van der Waals surface area contributed by atoms with Crippen LogP contribution in [0.5, 0.6) is 0 Å². The average Bonchev–Trinajstić information content (AvgIpc) is 2.78. The Labute approximate surface area is 101 Å². The fourth-order valence-electron chi connectivity index (χ4n) is 2.31. The van der Waals surface area contributed by atoms with Crippen LogP contribution in [0.2, 0.25) is 0 Å². The first-order valence-corrected chi connectivity index (χ1v) is 6.48. The van der Waals surface area contributed by atoms with E-state index in [1.165, 1.54) is 32.1 Å². The Morgan fingerprint density at radius 3 is 2.75 bits per heavy atom. The predicted molar refractivity (Wildman–Crippen MR) is 63.5 cm³/mol. The van der Waals surface area contributed by atoms with Gasteiger partial charge in [-0.3, -0.25) is 0 Å². The number of nitrogens with one attached hydrogen (secondary N) is 1. The maximum atomic E-state index is 5.60. The average molecular weight is 244 g/mol. The van der Waals surface area contributed by atoms with Crippen LogP contribution in [-0.2, 0) is 5.88 Å². The molecule has 1 aliphatic rings. The Morgan fingerprint density at radius 2 is 2.12 bits per heavy atom. The molecule has 1 aromatic heterocycles. The summed E-state index contributed by atoms with van der Waals surface area (Å²) in [5.74, 6) is 1.46. The van der Waals surface area contributed by atoms with E-state index in [1.807, 2.05) is 0 Å². The number of aromatic nitrogens is 2. The largest absolute Gasteiger partial charge is 0.407 e. The van der Waals surface area contributed by atoms with E-state index in [9.17, 15) is 0 Å². The first-order chi connectivity index (χ1) is 7.79. The van der Waals surface area contributed by atoms with Crippen LogP contribution in [0.1, 0.15) is 44.9 Å². The van der Waals surface area contributed by atoms with E-state index in [-0.39, 0.29) is 5.88 Å². The molecule has 2 rings (SSSR count). The van der Waals surface area contributed by atoms with Crippen molar-refractivity contribution in [2.75, 3.05) is 5.32 Å². The number of anilines is 1. The summed E-state index contributed by atoms with van der Waals surface area (Å²) in [6, 6.07) is 0.887. The topological polar surface area (TPSA) is 51.0 Å². The van der Waals surface area contributed by atoms with Gasteiger partial charge in [-0.05, 0) is 25.7 Å². The summed E-state index contributed by atoms with van der Waals surface area (Å²) in [7, 11) is 0. The minimum absolute atomic E-state index is 0.270. The quantitative estimate of drug-likeness (QED) is 0.826. The lowest BCUT2D eigenvalue weighted by molar-refractivity contribution is 0.324. The zero-order valence-electron chi connectivity index (χ0n) is 9.58. The molecule has 1 unspecified atom stereocenters. The van der Waals surface area contributed by atoms with E-state index in [0.29, 0.717) is 17.9 Å². The molecule has 0 aromatic carbocycles. The molecule has 0 bridgehead atoms. The van der Waals surface area contributed by atoms with Gasteiger partial charge in [0.25, 0.3) is 0 Å². The van der Waals surface area contributed by atoms with Gasteiger partial charge in [-0.2, -0.15) is 0 Å². The first-order valence-electron chi connectivity index (χ1n) is 5.94.